The van der Waals surface area contributed by atoms with Gasteiger partial charge in [-0.3, -0.25) is 0 Å². The number of hydrogen-bond acceptors (Lipinski definition) is 0. The van der Waals surface area contributed by atoms with Gasteiger partial charge in [-0.2, -0.15) is 13.2 Å². The first kappa shape index (κ1) is 11.3. The standard InChI is InChI=1S/C7H2Br2ClF3/c8-4-1-3(7(11,12)13)6(10)2-5(4)9/h1-2H. The van der Waals surface area contributed by atoms with Crippen molar-refractivity contribution in [1.29, 1.82) is 0 Å². The molecule has 0 fully saturated rings. The molecule has 0 atom stereocenters. The third kappa shape index (κ3) is 2.60. The molecule has 0 aromatic heterocycles. The zero-order valence-corrected chi connectivity index (χ0v) is 9.85. The molecule has 0 N–H and O–H groups in total. The van der Waals surface area contributed by atoms with Crippen molar-refractivity contribution >= 4 is 43.5 Å². The largest absolute Gasteiger partial charge is 0.417 e. The van der Waals surface area contributed by atoms with Gasteiger partial charge < -0.3 is 0 Å². The average molecular weight is 338 g/mol. The van der Waals surface area contributed by atoms with Gasteiger partial charge in [-0.15, -0.1) is 0 Å². The molecular formula is C7H2Br2ClF3. The molecule has 0 saturated carbocycles. The summed E-state index contributed by atoms with van der Waals surface area (Å²) in [5.41, 5.74) is -0.843. The second kappa shape index (κ2) is 3.79. The maximum absolute atomic E-state index is 12.2. The SMILES string of the molecule is FC(F)(F)c1cc(Br)c(Br)cc1Cl. The molecule has 0 saturated heterocycles. The number of alkyl halides is 3. The summed E-state index contributed by atoms with van der Waals surface area (Å²) in [6, 6.07) is 2.14. The summed E-state index contributed by atoms with van der Waals surface area (Å²) in [5, 5.41) is -0.317. The van der Waals surface area contributed by atoms with E-state index < -0.39 is 11.7 Å². The molecule has 0 spiro atoms. The van der Waals surface area contributed by atoms with Crippen molar-refractivity contribution in [2.75, 3.05) is 0 Å². The van der Waals surface area contributed by atoms with Crippen LogP contribution in [0.5, 0.6) is 0 Å². The molecule has 0 aliphatic rings. The predicted octanol–water partition coefficient (Wildman–Crippen LogP) is 4.88. The van der Waals surface area contributed by atoms with Gasteiger partial charge in [-0.05, 0) is 44.0 Å². The van der Waals surface area contributed by atoms with E-state index in [-0.39, 0.29) is 5.02 Å². The Labute approximate surface area is 94.3 Å². The van der Waals surface area contributed by atoms with Crippen LogP contribution in [0.15, 0.2) is 21.1 Å². The molecule has 0 radical (unpaired) electrons. The van der Waals surface area contributed by atoms with Crippen LogP contribution in [0.1, 0.15) is 5.56 Å². The molecule has 0 aliphatic carbocycles. The van der Waals surface area contributed by atoms with Crippen molar-refractivity contribution in [2.24, 2.45) is 0 Å². The zero-order chi connectivity index (χ0) is 10.2. The fourth-order valence-electron chi connectivity index (χ4n) is 0.740. The quantitative estimate of drug-likeness (QED) is 0.591. The first-order valence-electron chi connectivity index (χ1n) is 3.04. The molecule has 0 heterocycles. The first-order chi connectivity index (χ1) is 5.82. The Morgan fingerprint density at radius 2 is 1.54 bits per heavy atom. The molecule has 1 aromatic carbocycles. The van der Waals surface area contributed by atoms with Crippen molar-refractivity contribution in [3.63, 3.8) is 0 Å². The molecule has 0 unspecified atom stereocenters. The van der Waals surface area contributed by atoms with Crippen LogP contribution in [0.2, 0.25) is 5.02 Å². The van der Waals surface area contributed by atoms with E-state index in [4.69, 9.17) is 11.6 Å². The van der Waals surface area contributed by atoms with E-state index in [1.165, 1.54) is 6.07 Å². The highest BCUT2D eigenvalue weighted by Gasteiger charge is 2.33. The van der Waals surface area contributed by atoms with Crippen molar-refractivity contribution in [1.82, 2.24) is 0 Å². The number of benzene rings is 1. The van der Waals surface area contributed by atoms with Crippen LogP contribution in [-0.4, -0.2) is 0 Å². The molecule has 1 aromatic rings. The molecule has 13 heavy (non-hydrogen) atoms. The van der Waals surface area contributed by atoms with E-state index in [9.17, 15) is 13.2 Å². The van der Waals surface area contributed by atoms with Crippen LogP contribution in [-0.2, 0) is 6.18 Å². The van der Waals surface area contributed by atoms with Gasteiger partial charge in [0.2, 0.25) is 0 Å². The van der Waals surface area contributed by atoms with Gasteiger partial charge in [0.1, 0.15) is 0 Å². The third-order valence-corrected chi connectivity index (χ3v) is 3.47. The molecule has 0 amide bonds. The second-order valence-corrected chi connectivity index (χ2v) is 4.36. The van der Waals surface area contributed by atoms with Crippen molar-refractivity contribution in [3.05, 3.63) is 31.7 Å². The Kier molecular flexibility index (Phi) is 3.30. The summed E-state index contributed by atoms with van der Waals surface area (Å²) in [5.74, 6) is 0. The van der Waals surface area contributed by atoms with Crippen LogP contribution >= 0.6 is 43.5 Å². The molecule has 0 bridgehead atoms. The smallest absolute Gasteiger partial charge is 0.166 e. The van der Waals surface area contributed by atoms with Crippen molar-refractivity contribution in [2.45, 2.75) is 6.18 Å². The van der Waals surface area contributed by atoms with E-state index in [2.05, 4.69) is 31.9 Å². The number of hydrogen-bond donors (Lipinski definition) is 0. The monoisotopic (exact) mass is 336 g/mol. The Morgan fingerprint density at radius 1 is 1.08 bits per heavy atom. The lowest BCUT2D eigenvalue weighted by molar-refractivity contribution is -0.137. The summed E-state index contributed by atoms with van der Waals surface area (Å²) in [6.07, 6.45) is -4.42. The molecule has 72 valence electrons. The molecule has 6 heteroatoms. The van der Waals surface area contributed by atoms with Gasteiger partial charge in [-0.1, -0.05) is 11.6 Å². The van der Waals surface area contributed by atoms with Crippen LogP contribution in [0.3, 0.4) is 0 Å². The maximum atomic E-state index is 12.2. The molecule has 0 nitrogen and oxygen atoms in total. The third-order valence-electron chi connectivity index (χ3n) is 1.32. The molecule has 0 aliphatic heterocycles. The zero-order valence-electron chi connectivity index (χ0n) is 5.92. The Balaban J connectivity index is 3.32. The molecule has 1 rings (SSSR count). The number of rotatable bonds is 0. The van der Waals surface area contributed by atoms with Gasteiger partial charge in [0.05, 0.1) is 10.6 Å². The lowest BCUT2D eigenvalue weighted by Gasteiger charge is -2.09. The lowest BCUT2D eigenvalue weighted by Crippen LogP contribution is -2.05. The van der Waals surface area contributed by atoms with Crippen molar-refractivity contribution < 1.29 is 13.2 Å². The highest BCUT2D eigenvalue weighted by atomic mass is 79.9. The van der Waals surface area contributed by atoms with Gasteiger partial charge in [0.15, 0.2) is 0 Å². The lowest BCUT2D eigenvalue weighted by atomic mass is 10.2. The van der Waals surface area contributed by atoms with E-state index in [1.807, 2.05) is 0 Å². The minimum absolute atomic E-state index is 0.317. The van der Waals surface area contributed by atoms with E-state index in [1.54, 1.807) is 0 Å². The second-order valence-electron chi connectivity index (χ2n) is 2.24. The van der Waals surface area contributed by atoms with Gasteiger partial charge in [0.25, 0.3) is 0 Å². The van der Waals surface area contributed by atoms with E-state index in [0.29, 0.717) is 8.95 Å². The number of halogens is 6. The van der Waals surface area contributed by atoms with Crippen molar-refractivity contribution in [3.8, 4) is 0 Å². The summed E-state index contributed by atoms with van der Waals surface area (Å²) < 4.78 is 37.5. The summed E-state index contributed by atoms with van der Waals surface area (Å²) >= 11 is 11.4. The van der Waals surface area contributed by atoms with Crippen LogP contribution in [0.25, 0.3) is 0 Å². The fourth-order valence-corrected chi connectivity index (χ4v) is 1.83. The Bertz CT molecular complexity index is 335. The van der Waals surface area contributed by atoms with Gasteiger partial charge in [-0.25, -0.2) is 0 Å². The van der Waals surface area contributed by atoms with Crippen LogP contribution in [0.4, 0.5) is 13.2 Å². The van der Waals surface area contributed by atoms with E-state index >= 15 is 0 Å². The summed E-state index contributed by atoms with van der Waals surface area (Å²) in [7, 11) is 0. The predicted molar refractivity (Wildman–Crippen MR) is 51.9 cm³/mol. The van der Waals surface area contributed by atoms with Gasteiger partial charge >= 0.3 is 6.18 Å². The Hall–Kier alpha value is 0.260. The fraction of sp³-hybridized carbons (Fsp3) is 0.143. The summed E-state index contributed by atoms with van der Waals surface area (Å²) in [6.45, 7) is 0. The highest BCUT2D eigenvalue weighted by Crippen LogP contribution is 2.38. The highest BCUT2D eigenvalue weighted by molar-refractivity contribution is 9.13. The average Bonchev–Trinajstić information content (AvgIpc) is 1.94. The Morgan fingerprint density at radius 3 is 2.00 bits per heavy atom. The minimum atomic E-state index is -4.42. The minimum Gasteiger partial charge on any atom is -0.166 e. The normalized spacial score (nSPS) is 11.8. The van der Waals surface area contributed by atoms with Gasteiger partial charge in [0, 0.05) is 8.95 Å². The first-order valence-corrected chi connectivity index (χ1v) is 5.00. The molecular weight excluding hydrogens is 336 g/mol. The topological polar surface area (TPSA) is 0 Å². The maximum Gasteiger partial charge on any atom is 0.417 e. The summed E-state index contributed by atoms with van der Waals surface area (Å²) in [4.78, 5) is 0. The van der Waals surface area contributed by atoms with E-state index in [0.717, 1.165) is 6.07 Å². The van der Waals surface area contributed by atoms with Crippen LogP contribution < -0.4 is 0 Å². The van der Waals surface area contributed by atoms with Crippen LogP contribution in [0, 0.1) is 0 Å².